The van der Waals surface area contributed by atoms with Crippen LogP contribution in [0.25, 0.3) is 0 Å². The predicted molar refractivity (Wildman–Crippen MR) is 54.9 cm³/mol. The van der Waals surface area contributed by atoms with E-state index in [1.807, 2.05) is 6.92 Å². The lowest BCUT2D eigenvalue weighted by Gasteiger charge is -2.00. The molecule has 6 heteroatoms. The second kappa shape index (κ2) is 4.04. The average Bonchev–Trinajstić information content (AvgIpc) is 2.62. The van der Waals surface area contributed by atoms with Gasteiger partial charge in [0, 0.05) is 25.4 Å². The fourth-order valence-electron chi connectivity index (χ4n) is 1.28. The Labute approximate surface area is 87.2 Å². The number of anilines is 1. The molecule has 0 bridgehead atoms. The third-order valence-corrected chi connectivity index (χ3v) is 1.96. The largest absolute Gasteiger partial charge is 0.367 e. The normalized spacial score (nSPS) is 10.5. The first-order valence-corrected chi connectivity index (χ1v) is 4.66. The van der Waals surface area contributed by atoms with Crippen LogP contribution in [0.2, 0.25) is 0 Å². The zero-order valence-corrected chi connectivity index (χ0v) is 8.46. The van der Waals surface area contributed by atoms with Gasteiger partial charge in [0.1, 0.15) is 6.33 Å². The van der Waals surface area contributed by atoms with Crippen LogP contribution >= 0.6 is 0 Å². The standard InChI is InChI=1S/C9H12N6/c1-7-4-11-5-8(13-7)2-3-15-6-12-9(10)14-15/h4-6H,2-3H2,1H3,(H2,10,14). The summed E-state index contributed by atoms with van der Waals surface area (Å²) in [5.41, 5.74) is 7.27. The first-order valence-electron chi connectivity index (χ1n) is 4.66. The van der Waals surface area contributed by atoms with Crippen molar-refractivity contribution in [1.29, 1.82) is 0 Å². The number of aryl methyl sites for hydroxylation is 3. The summed E-state index contributed by atoms with van der Waals surface area (Å²) in [6, 6.07) is 0. The molecule has 0 aliphatic rings. The van der Waals surface area contributed by atoms with E-state index in [1.165, 1.54) is 0 Å². The van der Waals surface area contributed by atoms with Crippen LogP contribution in [0.4, 0.5) is 5.95 Å². The fraction of sp³-hybridized carbons (Fsp3) is 0.333. The molecule has 0 fully saturated rings. The monoisotopic (exact) mass is 204 g/mol. The van der Waals surface area contributed by atoms with Crippen LogP contribution in [0.5, 0.6) is 0 Å². The van der Waals surface area contributed by atoms with Crippen molar-refractivity contribution in [3.05, 3.63) is 30.1 Å². The molecule has 2 rings (SSSR count). The molecular formula is C9H12N6. The van der Waals surface area contributed by atoms with Gasteiger partial charge in [0.2, 0.25) is 5.95 Å². The second-order valence-corrected chi connectivity index (χ2v) is 3.27. The first kappa shape index (κ1) is 9.57. The Morgan fingerprint density at radius 3 is 2.93 bits per heavy atom. The van der Waals surface area contributed by atoms with E-state index in [-0.39, 0.29) is 0 Å². The molecule has 2 aromatic heterocycles. The number of hydrogen-bond acceptors (Lipinski definition) is 5. The highest BCUT2D eigenvalue weighted by molar-refractivity contribution is 5.09. The molecule has 6 nitrogen and oxygen atoms in total. The molecule has 0 atom stereocenters. The third kappa shape index (κ3) is 2.49. The second-order valence-electron chi connectivity index (χ2n) is 3.27. The maximum atomic E-state index is 5.40. The SMILES string of the molecule is Cc1cncc(CCn2cnc(N)n2)n1. The minimum absolute atomic E-state index is 0.297. The van der Waals surface area contributed by atoms with E-state index in [1.54, 1.807) is 23.4 Å². The van der Waals surface area contributed by atoms with Crippen LogP contribution in [0.15, 0.2) is 18.7 Å². The first-order chi connectivity index (χ1) is 7.24. The van der Waals surface area contributed by atoms with Gasteiger partial charge >= 0.3 is 0 Å². The zero-order valence-electron chi connectivity index (χ0n) is 8.46. The van der Waals surface area contributed by atoms with Crippen molar-refractivity contribution in [2.24, 2.45) is 0 Å². The molecule has 0 amide bonds. The van der Waals surface area contributed by atoms with Crippen molar-refractivity contribution in [2.45, 2.75) is 19.9 Å². The van der Waals surface area contributed by atoms with E-state index in [4.69, 9.17) is 5.73 Å². The van der Waals surface area contributed by atoms with Gasteiger partial charge in [-0.05, 0) is 6.92 Å². The molecule has 2 aromatic rings. The molecule has 0 radical (unpaired) electrons. The van der Waals surface area contributed by atoms with Crippen LogP contribution in [-0.2, 0) is 13.0 Å². The quantitative estimate of drug-likeness (QED) is 0.772. The summed E-state index contributed by atoms with van der Waals surface area (Å²) in [4.78, 5) is 12.2. The lowest BCUT2D eigenvalue weighted by Crippen LogP contribution is -2.04. The Morgan fingerprint density at radius 2 is 2.27 bits per heavy atom. The molecule has 0 aliphatic heterocycles. The molecule has 2 N–H and O–H groups in total. The van der Waals surface area contributed by atoms with Crippen LogP contribution in [0.1, 0.15) is 11.4 Å². The van der Waals surface area contributed by atoms with E-state index in [0.29, 0.717) is 12.5 Å². The van der Waals surface area contributed by atoms with Crippen LogP contribution in [0, 0.1) is 6.92 Å². The van der Waals surface area contributed by atoms with Gasteiger partial charge in [0.25, 0.3) is 0 Å². The van der Waals surface area contributed by atoms with Crippen LogP contribution < -0.4 is 5.73 Å². The predicted octanol–water partition coefficient (Wildman–Crippen LogP) is 0.201. The summed E-state index contributed by atoms with van der Waals surface area (Å²) < 4.78 is 1.69. The van der Waals surface area contributed by atoms with E-state index in [0.717, 1.165) is 17.8 Å². The van der Waals surface area contributed by atoms with Crippen LogP contribution in [0.3, 0.4) is 0 Å². The number of rotatable bonds is 3. The lowest BCUT2D eigenvalue weighted by molar-refractivity contribution is 0.606. The van der Waals surface area contributed by atoms with E-state index < -0.39 is 0 Å². The van der Waals surface area contributed by atoms with Crippen molar-refractivity contribution in [2.75, 3.05) is 5.73 Å². The topological polar surface area (TPSA) is 82.5 Å². The van der Waals surface area contributed by atoms with E-state index in [2.05, 4.69) is 20.1 Å². The minimum atomic E-state index is 0.297. The van der Waals surface area contributed by atoms with Crippen molar-refractivity contribution in [1.82, 2.24) is 24.7 Å². The van der Waals surface area contributed by atoms with Crippen LogP contribution in [-0.4, -0.2) is 24.7 Å². The van der Waals surface area contributed by atoms with Crippen molar-refractivity contribution < 1.29 is 0 Å². The van der Waals surface area contributed by atoms with Gasteiger partial charge in [0.05, 0.1) is 11.4 Å². The molecule has 0 unspecified atom stereocenters. The number of hydrogen-bond donors (Lipinski definition) is 1. The summed E-state index contributed by atoms with van der Waals surface area (Å²) in [6.07, 6.45) is 5.88. The maximum Gasteiger partial charge on any atom is 0.239 e. The van der Waals surface area contributed by atoms with Crippen molar-refractivity contribution >= 4 is 5.95 Å². The van der Waals surface area contributed by atoms with Gasteiger partial charge < -0.3 is 5.73 Å². The van der Waals surface area contributed by atoms with Crippen molar-refractivity contribution in [3.8, 4) is 0 Å². The lowest BCUT2D eigenvalue weighted by atomic mass is 10.3. The number of nitrogens with zero attached hydrogens (tertiary/aromatic N) is 5. The molecular weight excluding hydrogens is 192 g/mol. The van der Waals surface area contributed by atoms with E-state index >= 15 is 0 Å². The molecule has 15 heavy (non-hydrogen) atoms. The van der Waals surface area contributed by atoms with Gasteiger partial charge in [-0.3, -0.25) is 14.6 Å². The zero-order chi connectivity index (χ0) is 10.7. The van der Waals surface area contributed by atoms with Gasteiger partial charge in [-0.15, -0.1) is 5.10 Å². The Hall–Kier alpha value is -1.98. The Kier molecular flexibility index (Phi) is 2.57. The van der Waals surface area contributed by atoms with E-state index in [9.17, 15) is 0 Å². The highest BCUT2D eigenvalue weighted by atomic mass is 15.3. The average molecular weight is 204 g/mol. The summed E-state index contributed by atoms with van der Waals surface area (Å²) in [6.45, 7) is 2.63. The maximum absolute atomic E-state index is 5.40. The Morgan fingerprint density at radius 1 is 1.40 bits per heavy atom. The van der Waals surface area contributed by atoms with Gasteiger partial charge in [0.15, 0.2) is 0 Å². The Bertz CT molecular complexity index is 449. The molecule has 0 spiro atoms. The fourth-order valence-corrected chi connectivity index (χ4v) is 1.28. The Balaban J connectivity index is 1.99. The minimum Gasteiger partial charge on any atom is -0.367 e. The smallest absolute Gasteiger partial charge is 0.239 e. The summed E-state index contributed by atoms with van der Waals surface area (Å²) in [5, 5.41) is 3.98. The van der Waals surface area contributed by atoms with Gasteiger partial charge in [-0.25, -0.2) is 4.98 Å². The molecule has 2 heterocycles. The van der Waals surface area contributed by atoms with Crippen molar-refractivity contribution in [3.63, 3.8) is 0 Å². The highest BCUT2D eigenvalue weighted by Crippen LogP contribution is 1.98. The molecule has 0 aliphatic carbocycles. The number of nitrogen functional groups attached to an aromatic ring is 1. The summed E-state index contributed by atoms with van der Waals surface area (Å²) in [5.74, 6) is 0.297. The third-order valence-electron chi connectivity index (χ3n) is 1.96. The summed E-state index contributed by atoms with van der Waals surface area (Å²) >= 11 is 0. The van der Waals surface area contributed by atoms with Gasteiger partial charge in [-0.1, -0.05) is 0 Å². The molecule has 78 valence electrons. The number of nitrogens with two attached hydrogens (primary N) is 1. The molecule has 0 saturated carbocycles. The molecule has 0 aromatic carbocycles. The molecule has 0 saturated heterocycles. The number of aromatic nitrogens is 5. The van der Waals surface area contributed by atoms with Gasteiger partial charge in [-0.2, -0.15) is 0 Å². The summed E-state index contributed by atoms with van der Waals surface area (Å²) in [7, 11) is 0. The highest BCUT2D eigenvalue weighted by Gasteiger charge is 1.99.